The lowest BCUT2D eigenvalue weighted by Crippen LogP contribution is -2.34. The van der Waals surface area contributed by atoms with Gasteiger partial charge in [-0.3, -0.25) is 4.79 Å². The van der Waals surface area contributed by atoms with Gasteiger partial charge in [0.25, 0.3) is 0 Å². The van der Waals surface area contributed by atoms with Gasteiger partial charge in [-0.15, -0.1) is 0 Å². The molecule has 0 atom stereocenters. The van der Waals surface area contributed by atoms with E-state index in [0.29, 0.717) is 0 Å². The minimum atomic E-state index is -3.47. The second-order valence-corrected chi connectivity index (χ2v) is 6.51. The number of aryl methyl sites for hydroxylation is 1. The van der Waals surface area contributed by atoms with Crippen molar-refractivity contribution < 1.29 is 23.1 Å². The quantitative estimate of drug-likeness (QED) is 0.825. The van der Waals surface area contributed by atoms with Crippen LogP contribution in [0, 0.1) is 6.92 Å². The van der Waals surface area contributed by atoms with Gasteiger partial charge >= 0.3 is 5.97 Å². The van der Waals surface area contributed by atoms with E-state index in [0.717, 1.165) is 16.1 Å². The molecule has 2 N–H and O–H groups in total. The fourth-order valence-electron chi connectivity index (χ4n) is 1.45. The van der Waals surface area contributed by atoms with Crippen molar-refractivity contribution in [3.05, 3.63) is 29.3 Å². The summed E-state index contributed by atoms with van der Waals surface area (Å²) in [5.41, 5.74) is 0.837. The van der Waals surface area contributed by atoms with Gasteiger partial charge in [-0.1, -0.05) is 11.6 Å². The molecule has 0 saturated heterocycles. The van der Waals surface area contributed by atoms with Crippen LogP contribution in [-0.4, -0.2) is 49.6 Å². The molecule has 0 saturated carbocycles. The van der Waals surface area contributed by atoms with Crippen molar-refractivity contribution in [3.8, 4) is 0 Å². The summed E-state index contributed by atoms with van der Waals surface area (Å²) < 4.78 is 23.3. The molecule has 8 heteroatoms. The summed E-state index contributed by atoms with van der Waals surface area (Å²) in [6.45, 7) is 1.35. The Balaban J connectivity index is 2.89. The third kappa shape index (κ3) is 4.32. The monoisotopic (exact) mass is 300 g/mol. The molecule has 0 aliphatic rings. The van der Waals surface area contributed by atoms with E-state index in [4.69, 9.17) is 5.11 Å². The molecular weight excluding hydrogens is 284 g/mol. The number of amides is 1. The van der Waals surface area contributed by atoms with E-state index in [1.54, 1.807) is 13.0 Å². The third-order valence-electron chi connectivity index (χ3n) is 2.61. The molecule has 7 nitrogen and oxygen atoms in total. The SMILES string of the molecule is Cc1ccc(NC(=O)CN(C)S(C)(=O)=O)c(C(=O)O)c1. The number of carboxylic acids is 1. The number of nitrogens with one attached hydrogen (secondary N) is 1. The number of carbonyl (C=O) groups excluding carboxylic acids is 1. The first-order valence-electron chi connectivity index (χ1n) is 5.66. The van der Waals surface area contributed by atoms with E-state index in [2.05, 4.69) is 5.32 Å². The molecule has 20 heavy (non-hydrogen) atoms. The first-order chi connectivity index (χ1) is 9.11. The number of sulfonamides is 1. The number of carbonyl (C=O) groups is 2. The summed E-state index contributed by atoms with van der Waals surface area (Å²) in [5, 5.41) is 11.5. The Morgan fingerprint density at radius 3 is 2.45 bits per heavy atom. The van der Waals surface area contributed by atoms with E-state index >= 15 is 0 Å². The van der Waals surface area contributed by atoms with Crippen molar-refractivity contribution in [3.63, 3.8) is 0 Å². The molecule has 0 bridgehead atoms. The molecule has 0 unspecified atom stereocenters. The molecule has 1 aromatic carbocycles. The van der Waals surface area contributed by atoms with Crippen molar-refractivity contribution in [1.29, 1.82) is 0 Å². The van der Waals surface area contributed by atoms with Crippen LogP contribution >= 0.6 is 0 Å². The number of likely N-dealkylation sites (N-methyl/N-ethyl adjacent to an activating group) is 1. The molecule has 0 spiro atoms. The highest BCUT2D eigenvalue weighted by Gasteiger charge is 2.17. The van der Waals surface area contributed by atoms with Crippen LogP contribution in [0.5, 0.6) is 0 Å². The van der Waals surface area contributed by atoms with E-state index < -0.39 is 21.9 Å². The largest absolute Gasteiger partial charge is 0.478 e. The van der Waals surface area contributed by atoms with Gasteiger partial charge in [0, 0.05) is 7.05 Å². The summed E-state index contributed by atoms with van der Waals surface area (Å²) in [5.74, 6) is -1.77. The Hall–Kier alpha value is -1.93. The van der Waals surface area contributed by atoms with Crippen LogP contribution in [0.2, 0.25) is 0 Å². The second kappa shape index (κ2) is 6.02. The molecule has 0 aromatic heterocycles. The molecule has 110 valence electrons. The van der Waals surface area contributed by atoms with Crippen molar-refractivity contribution >= 4 is 27.6 Å². The van der Waals surface area contributed by atoms with Gasteiger partial charge in [-0.2, -0.15) is 4.31 Å². The number of rotatable bonds is 5. The number of hydrogen-bond donors (Lipinski definition) is 2. The second-order valence-electron chi connectivity index (χ2n) is 4.42. The number of anilines is 1. The highest BCUT2D eigenvalue weighted by atomic mass is 32.2. The van der Waals surface area contributed by atoms with Crippen LogP contribution in [0.4, 0.5) is 5.69 Å². The van der Waals surface area contributed by atoms with E-state index in [1.165, 1.54) is 19.2 Å². The predicted molar refractivity (Wildman–Crippen MR) is 74.2 cm³/mol. The van der Waals surface area contributed by atoms with Crippen LogP contribution in [0.15, 0.2) is 18.2 Å². The number of aromatic carboxylic acids is 1. The van der Waals surface area contributed by atoms with E-state index in [9.17, 15) is 18.0 Å². The lowest BCUT2D eigenvalue weighted by molar-refractivity contribution is -0.116. The van der Waals surface area contributed by atoms with Crippen molar-refractivity contribution in [1.82, 2.24) is 4.31 Å². The number of hydrogen-bond acceptors (Lipinski definition) is 4. The Morgan fingerprint density at radius 1 is 1.35 bits per heavy atom. The normalized spacial score (nSPS) is 11.4. The van der Waals surface area contributed by atoms with Crippen molar-refractivity contribution in [2.75, 3.05) is 25.2 Å². The van der Waals surface area contributed by atoms with Crippen molar-refractivity contribution in [2.24, 2.45) is 0 Å². The number of nitrogens with zero attached hydrogens (tertiary/aromatic N) is 1. The molecule has 0 radical (unpaired) electrons. The average Bonchev–Trinajstić information content (AvgIpc) is 2.29. The molecule has 0 aliphatic heterocycles. The van der Waals surface area contributed by atoms with Gasteiger partial charge in [-0.05, 0) is 19.1 Å². The van der Waals surface area contributed by atoms with E-state index in [-0.39, 0.29) is 17.8 Å². The molecule has 0 fully saturated rings. The summed E-state index contributed by atoms with van der Waals surface area (Å²) in [7, 11) is -2.20. The Bertz CT molecular complexity index is 639. The molecule has 1 aromatic rings. The maximum atomic E-state index is 11.7. The molecule has 1 amide bonds. The summed E-state index contributed by atoms with van der Waals surface area (Å²) in [6.07, 6.45) is 0.981. The summed E-state index contributed by atoms with van der Waals surface area (Å²) in [6, 6.07) is 4.55. The minimum Gasteiger partial charge on any atom is -0.478 e. The fraction of sp³-hybridized carbons (Fsp3) is 0.333. The molecule has 0 aliphatic carbocycles. The van der Waals surface area contributed by atoms with Gasteiger partial charge in [0.05, 0.1) is 24.1 Å². The van der Waals surface area contributed by atoms with Crippen LogP contribution in [0.25, 0.3) is 0 Å². The first kappa shape index (κ1) is 16.1. The molecule has 1 rings (SSSR count). The lowest BCUT2D eigenvalue weighted by Gasteiger charge is -2.14. The molecule has 0 heterocycles. The topological polar surface area (TPSA) is 104 Å². The van der Waals surface area contributed by atoms with Crippen molar-refractivity contribution in [2.45, 2.75) is 6.92 Å². The lowest BCUT2D eigenvalue weighted by atomic mass is 10.1. The maximum Gasteiger partial charge on any atom is 0.337 e. The zero-order valence-corrected chi connectivity index (χ0v) is 12.2. The highest BCUT2D eigenvalue weighted by molar-refractivity contribution is 7.88. The number of carboxylic acid groups (broad SMARTS) is 1. The van der Waals surface area contributed by atoms with Crippen LogP contribution in [0.1, 0.15) is 15.9 Å². The smallest absolute Gasteiger partial charge is 0.337 e. The third-order valence-corrected chi connectivity index (χ3v) is 3.87. The minimum absolute atomic E-state index is 0.0413. The number of benzene rings is 1. The standard InChI is InChI=1S/C12H16N2O5S/c1-8-4-5-10(9(6-8)12(16)17)13-11(15)7-14(2)20(3,18)19/h4-6H,7H2,1-3H3,(H,13,15)(H,16,17). The maximum absolute atomic E-state index is 11.7. The van der Waals surface area contributed by atoms with E-state index in [1.807, 2.05) is 0 Å². The zero-order valence-electron chi connectivity index (χ0n) is 11.4. The predicted octanol–water partition coefficient (Wildman–Crippen LogP) is 0.523. The van der Waals surface area contributed by atoms with Gasteiger partial charge in [0.2, 0.25) is 15.9 Å². The highest BCUT2D eigenvalue weighted by Crippen LogP contribution is 2.17. The fourth-order valence-corrected chi connectivity index (χ4v) is 1.81. The first-order valence-corrected chi connectivity index (χ1v) is 7.51. The van der Waals surface area contributed by atoms with Gasteiger partial charge in [0.15, 0.2) is 0 Å². The Kier molecular flexibility index (Phi) is 4.85. The van der Waals surface area contributed by atoms with Crippen LogP contribution < -0.4 is 5.32 Å². The van der Waals surface area contributed by atoms with Gasteiger partial charge < -0.3 is 10.4 Å². The zero-order chi connectivity index (χ0) is 15.5. The Labute approximate surface area is 117 Å². The summed E-state index contributed by atoms with van der Waals surface area (Å²) >= 11 is 0. The van der Waals surface area contributed by atoms with Gasteiger partial charge in [-0.25, -0.2) is 13.2 Å². The summed E-state index contributed by atoms with van der Waals surface area (Å²) in [4.78, 5) is 22.8. The average molecular weight is 300 g/mol. The Morgan fingerprint density at radius 2 is 1.95 bits per heavy atom. The van der Waals surface area contributed by atoms with Gasteiger partial charge in [0.1, 0.15) is 0 Å². The van der Waals surface area contributed by atoms with Crippen LogP contribution in [-0.2, 0) is 14.8 Å². The molecular formula is C12H16N2O5S. The van der Waals surface area contributed by atoms with Crippen LogP contribution in [0.3, 0.4) is 0 Å².